The molecule has 0 aliphatic heterocycles. The number of hydrogen-bond donors (Lipinski definition) is 0. The molecule has 0 unspecified atom stereocenters. The fourth-order valence-corrected chi connectivity index (χ4v) is 2.80. The number of hydrogen-bond acceptors (Lipinski definition) is 1. The zero-order valence-corrected chi connectivity index (χ0v) is 9.98. The zero-order chi connectivity index (χ0) is 10.1. The first-order valence-electron chi connectivity index (χ1n) is 5.52. The van der Waals surface area contributed by atoms with Crippen molar-refractivity contribution in [2.24, 2.45) is 10.8 Å². The molecule has 0 aromatic rings. The van der Waals surface area contributed by atoms with Gasteiger partial charge in [0, 0.05) is 6.54 Å². The summed E-state index contributed by atoms with van der Waals surface area (Å²) in [7, 11) is 4.40. The van der Waals surface area contributed by atoms with Crippen molar-refractivity contribution in [1.29, 1.82) is 0 Å². The predicted molar refractivity (Wildman–Crippen MR) is 58.9 cm³/mol. The van der Waals surface area contributed by atoms with Crippen LogP contribution in [0.3, 0.4) is 0 Å². The van der Waals surface area contributed by atoms with Crippen molar-refractivity contribution >= 4 is 0 Å². The Labute approximate surface area is 83.5 Å². The van der Waals surface area contributed by atoms with Gasteiger partial charge in [-0.15, -0.1) is 0 Å². The van der Waals surface area contributed by atoms with Crippen LogP contribution in [0.2, 0.25) is 0 Å². The Morgan fingerprint density at radius 3 is 1.85 bits per heavy atom. The van der Waals surface area contributed by atoms with Gasteiger partial charge < -0.3 is 4.90 Å². The van der Waals surface area contributed by atoms with Gasteiger partial charge in [-0.2, -0.15) is 0 Å². The molecule has 1 heteroatoms. The maximum Gasteiger partial charge on any atom is 0.00369 e. The van der Waals surface area contributed by atoms with Gasteiger partial charge in [-0.3, -0.25) is 0 Å². The van der Waals surface area contributed by atoms with Crippen molar-refractivity contribution in [2.75, 3.05) is 20.6 Å². The lowest BCUT2D eigenvalue weighted by atomic mass is 9.65. The van der Waals surface area contributed by atoms with Gasteiger partial charge in [-0.05, 0) is 37.8 Å². The van der Waals surface area contributed by atoms with Gasteiger partial charge in [0.1, 0.15) is 0 Å². The second-order valence-electron chi connectivity index (χ2n) is 5.98. The second-order valence-corrected chi connectivity index (χ2v) is 5.98. The Balaban J connectivity index is 2.75. The molecule has 1 rings (SSSR count). The largest absolute Gasteiger partial charge is 0.309 e. The monoisotopic (exact) mass is 183 g/mol. The van der Waals surface area contributed by atoms with Crippen LogP contribution in [-0.4, -0.2) is 25.5 Å². The lowest BCUT2D eigenvalue weighted by Gasteiger charge is -2.44. The molecule has 0 N–H and O–H groups in total. The number of nitrogens with zero attached hydrogens (tertiary/aromatic N) is 1. The first-order chi connectivity index (χ1) is 5.87. The van der Waals surface area contributed by atoms with E-state index in [1.165, 1.54) is 32.2 Å². The van der Waals surface area contributed by atoms with E-state index in [-0.39, 0.29) is 0 Å². The highest BCUT2D eigenvalue weighted by Gasteiger charge is 2.43. The third-order valence-corrected chi connectivity index (χ3v) is 3.77. The van der Waals surface area contributed by atoms with Crippen LogP contribution >= 0.6 is 0 Å². The molecule has 0 bridgehead atoms. The zero-order valence-electron chi connectivity index (χ0n) is 9.98. The second kappa shape index (κ2) is 3.61. The van der Waals surface area contributed by atoms with E-state index in [9.17, 15) is 0 Å². The molecule has 0 amide bonds. The van der Waals surface area contributed by atoms with Gasteiger partial charge >= 0.3 is 0 Å². The summed E-state index contributed by atoms with van der Waals surface area (Å²) in [6.07, 6.45) is 5.72. The molecule has 0 spiro atoms. The average Bonchev–Trinajstić information content (AvgIpc) is 2.33. The molecule has 0 atom stereocenters. The van der Waals surface area contributed by atoms with Gasteiger partial charge in [-0.25, -0.2) is 0 Å². The molecule has 1 fully saturated rings. The van der Waals surface area contributed by atoms with Gasteiger partial charge in [-0.1, -0.05) is 33.6 Å². The lowest BCUT2D eigenvalue weighted by molar-refractivity contribution is 0.0589. The molecule has 1 aliphatic carbocycles. The molecule has 0 saturated heterocycles. The maximum atomic E-state index is 2.40. The molecule has 1 saturated carbocycles. The maximum absolute atomic E-state index is 2.40. The summed E-state index contributed by atoms with van der Waals surface area (Å²) in [6, 6.07) is 0. The summed E-state index contributed by atoms with van der Waals surface area (Å²) in [4.78, 5) is 2.36. The van der Waals surface area contributed by atoms with E-state index in [0.29, 0.717) is 10.8 Å². The molecule has 0 aromatic heterocycles. The van der Waals surface area contributed by atoms with Crippen molar-refractivity contribution in [1.82, 2.24) is 4.90 Å². The Morgan fingerprint density at radius 1 is 1.08 bits per heavy atom. The minimum atomic E-state index is 0.466. The molecule has 78 valence electrons. The van der Waals surface area contributed by atoms with E-state index in [1.807, 2.05) is 0 Å². The van der Waals surface area contributed by atoms with E-state index in [2.05, 4.69) is 39.8 Å². The summed E-state index contributed by atoms with van der Waals surface area (Å²) < 4.78 is 0. The Kier molecular flexibility index (Phi) is 3.06. The Hall–Kier alpha value is -0.0400. The van der Waals surface area contributed by atoms with E-state index in [4.69, 9.17) is 0 Å². The highest BCUT2D eigenvalue weighted by molar-refractivity contribution is 4.95. The van der Waals surface area contributed by atoms with Gasteiger partial charge in [0.05, 0.1) is 0 Å². The van der Waals surface area contributed by atoms with Crippen LogP contribution in [0.4, 0.5) is 0 Å². The van der Waals surface area contributed by atoms with E-state index in [1.54, 1.807) is 0 Å². The van der Waals surface area contributed by atoms with E-state index >= 15 is 0 Å². The predicted octanol–water partition coefficient (Wildman–Crippen LogP) is 3.15. The summed E-state index contributed by atoms with van der Waals surface area (Å²) in [5, 5.41) is 0. The van der Waals surface area contributed by atoms with Crippen LogP contribution in [0.25, 0.3) is 0 Å². The van der Waals surface area contributed by atoms with Crippen molar-refractivity contribution < 1.29 is 0 Å². The third kappa shape index (κ3) is 2.25. The third-order valence-electron chi connectivity index (χ3n) is 3.77. The van der Waals surface area contributed by atoms with Gasteiger partial charge in [0.2, 0.25) is 0 Å². The fraction of sp³-hybridized carbons (Fsp3) is 1.00. The van der Waals surface area contributed by atoms with Crippen molar-refractivity contribution in [2.45, 2.75) is 46.5 Å². The quantitative estimate of drug-likeness (QED) is 0.635. The van der Waals surface area contributed by atoms with Crippen molar-refractivity contribution in [3.63, 3.8) is 0 Å². The summed E-state index contributed by atoms with van der Waals surface area (Å²) >= 11 is 0. The Bertz CT molecular complexity index is 158. The number of rotatable bonds is 2. The summed E-state index contributed by atoms with van der Waals surface area (Å²) in [5.74, 6) is 0. The molecular weight excluding hydrogens is 158 g/mol. The Morgan fingerprint density at radius 2 is 1.54 bits per heavy atom. The van der Waals surface area contributed by atoms with Gasteiger partial charge in [0.15, 0.2) is 0 Å². The smallest absolute Gasteiger partial charge is 0.00369 e. The molecule has 0 heterocycles. The first-order valence-corrected chi connectivity index (χ1v) is 5.52. The van der Waals surface area contributed by atoms with Crippen LogP contribution in [0, 0.1) is 10.8 Å². The molecule has 0 aromatic carbocycles. The van der Waals surface area contributed by atoms with Crippen LogP contribution in [-0.2, 0) is 0 Å². The molecular formula is C12H25N. The average molecular weight is 183 g/mol. The summed E-state index contributed by atoms with van der Waals surface area (Å²) in [6.45, 7) is 8.47. The van der Waals surface area contributed by atoms with Crippen LogP contribution in [0.1, 0.15) is 46.5 Å². The molecule has 1 nitrogen and oxygen atoms in total. The van der Waals surface area contributed by atoms with Crippen LogP contribution in [0.15, 0.2) is 0 Å². The fourth-order valence-electron chi connectivity index (χ4n) is 2.80. The standard InChI is InChI=1S/C12H25N/c1-11(2,3)12(10-13(4)5)8-6-7-9-12/h6-10H2,1-5H3. The summed E-state index contributed by atoms with van der Waals surface area (Å²) in [5.41, 5.74) is 1.05. The van der Waals surface area contributed by atoms with Crippen molar-refractivity contribution in [3.8, 4) is 0 Å². The SMILES string of the molecule is CN(C)CC1(C(C)(C)C)CCCC1. The minimum absolute atomic E-state index is 0.466. The lowest BCUT2D eigenvalue weighted by Crippen LogP contribution is -2.41. The molecule has 0 radical (unpaired) electrons. The van der Waals surface area contributed by atoms with Crippen LogP contribution < -0.4 is 0 Å². The van der Waals surface area contributed by atoms with E-state index in [0.717, 1.165) is 0 Å². The van der Waals surface area contributed by atoms with Crippen LogP contribution in [0.5, 0.6) is 0 Å². The topological polar surface area (TPSA) is 3.24 Å². The first kappa shape index (κ1) is 11.0. The van der Waals surface area contributed by atoms with Gasteiger partial charge in [0.25, 0.3) is 0 Å². The highest BCUT2D eigenvalue weighted by atomic mass is 15.1. The van der Waals surface area contributed by atoms with E-state index < -0.39 is 0 Å². The van der Waals surface area contributed by atoms with Crippen molar-refractivity contribution in [3.05, 3.63) is 0 Å². The molecule has 1 aliphatic rings. The normalized spacial score (nSPS) is 22.6. The molecule has 13 heavy (non-hydrogen) atoms. The minimum Gasteiger partial charge on any atom is -0.309 e. The highest BCUT2D eigenvalue weighted by Crippen LogP contribution is 2.51.